The summed E-state index contributed by atoms with van der Waals surface area (Å²) in [5.41, 5.74) is 0. The molecule has 8 unspecified atom stereocenters. The molecule has 3 fully saturated rings. The van der Waals surface area contributed by atoms with E-state index in [1.54, 1.807) is 0 Å². The van der Waals surface area contributed by atoms with Gasteiger partial charge in [0, 0.05) is 10.5 Å². The highest BCUT2D eigenvalue weighted by Crippen LogP contribution is 2.51. The first kappa shape index (κ1) is 18.8. The molecule has 134 valence electrons. The SMILES string of the molecule is CC(CCSCCC1CC2CC1CC2S)CC1CC(C)C(S)C1. The first-order chi connectivity index (χ1) is 11.0. The zero-order valence-corrected chi connectivity index (χ0v) is 17.6. The summed E-state index contributed by atoms with van der Waals surface area (Å²) in [7, 11) is 0. The Morgan fingerprint density at radius 3 is 2.39 bits per heavy atom. The summed E-state index contributed by atoms with van der Waals surface area (Å²) >= 11 is 11.7. The van der Waals surface area contributed by atoms with Crippen LogP contribution in [0.5, 0.6) is 0 Å². The average Bonchev–Trinajstić information content (AvgIpc) is 3.13. The molecule has 8 atom stereocenters. The van der Waals surface area contributed by atoms with Crippen LogP contribution in [0.2, 0.25) is 0 Å². The molecule has 0 aromatic rings. The van der Waals surface area contributed by atoms with Gasteiger partial charge in [0.25, 0.3) is 0 Å². The van der Waals surface area contributed by atoms with E-state index < -0.39 is 0 Å². The molecule has 3 saturated carbocycles. The highest BCUT2D eigenvalue weighted by molar-refractivity contribution is 7.99. The molecule has 0 saturated heterocycles. The third-order valence-corrected chi connectivity index (χ3v) is 9.43. The van der Waals surface area contributed by atoms with E-state index >= 15 is 0 Å². The lowest BCUT2D eigenvalue weighted by atomic mass is 9.87. The second kappa shape index (κ2) is 8.62. The monoisotopic (exact) mass is 372 g/mol. The minimum absolute atomic E-state index is 0.667. The second-order valence-corrected chi connectivity index (χ2v) is 11.5. The minimum Gasteiger partial charge on any atom is -0.176 e. The van der Waals surface area contributed by atoms with Crippen LogP contribution in [0.1, 0.15) is 65.2 Å². The molecule has 0 radical (unpaired) electrons. The fourth-order valence-electron chi connectivity index (χ4n) is 5.57. The molecule has 0 aromatic carbocycles. The van der Waals surface area contributed by atoms with E-state index in [4.69, 9.17) is 25.3 Å². The summed E-state index contributed by atoms with van der Waals surface area (Å²) in [5.74, 6) is 8.51. The number of rotatable bonds is 8. The molecule has 0 spiro atoms. The Balaban J connectivity index is 1.22. The molecule has 3 rings (SSSR count). The quantitative estimate of drug-likeness (QED) is 0.377. The maximum Gasteiger partial charge on any atom is 0.00480 e. The number of thioether (sulfide) groups is 1. The summed E-state index contributed by atoms with van der Waals surface area (Å²) in [4.78, 5) is 0. The summed E-state index contributed by atoms with van der Waals surface area (Å²) in [6.07, 6.45) is 11.5. The van der Waals surface area contributed by atoms with Crippen LogP contribution in [-0.2, 0) is 0 Å². The van der Waals surface area contributed by atoms with Crippen molar-refractivity contribution >= 4 is 37.0 Å². The van der Waals surface area contributed by atoms with Crippen LogP contribution in [0.15, 0.2) is 0 Å². The van der Waals surface area contributed by atoms with Crippen molar-refractivity contribution in [2.24, 2.45) is 35.5 Å². The highest BCUT2D eigenvalue weighted by Gasteiger charge is 2.43. The predicted octanol–water partition coefficient (Wildman–Crippen LogP) is 6.22. The molecule has 2 bridgehead atoms. The molecule has 0 aromatic heterocycles. The third kappa shape index (κ3) is 5.03. The Hall–Kier alpha value is 1.05. The Bertz CT molecular complexity index is 360. The summed E-state index contributed by atoms with van der Waals surface area (Å²) in [6, 6.07) is 0. The fraction of sp³-hybridized carbons (Fsp3) is 1.00. The van der Waals surface area contributed by atoms with Gasteiger partial charge < -0.3 is 0 Å². The van der Waals surface area contributed by atoms with Gasteiger partial charge in [0.2, 0.25) is 0 Å². The van der Waals surface area contributed by atoms with Gasteiger partial charge in [0.05, 0.1) is 0 Å². The topological polar surface area (TPSA) is 0 Å². The van der Waals surface area contributed by atoms with Gasteiger partial charge in [0.1, 0.15) is 0 Å². The van der Waals surface area contributed by atoms with Gasteiger partial charge in [0.15, 0.2) is 0 Å². The third-order valence-electron chi connectivity index (χ3n) is 7.03. The van der Waals surface area contributed by atoms with Crippen LogP contribution in [0.4, 0.5) is 0 Å². The van der Waals surface area contributed by atoms with E-state index in [9.17, 15) is 0 Å². The van der Waals surface area contributed by atoms with E-state index in [1.165, 1.54) is 62.9 Å². The van der Waals surface area contributed by atoms with E-state index in [0.717, 1.165) is 40.8 Å². The standard InChI is InChI=1S/C20H36S3/c1-13(7-15-8-14(2)19(21)9-15)3-5-23-6-4-16-10-18-11-17(16)12-20(18)22/h13-22H,3-12H2,1-2H3. The van der Waals surface area contributed by atoms with Crippen LogP contribution < -0.4 is 0 Å². The van der Waals surface area contributed by atoms with Crippen molar-refractivity contribution in [3.8, 4) is 0 Å². The zero-order valence-electron chi connectivity index (χ0n) is 15.0. The van der Waals surface area contributed by atoms with Crippen LogP contribution in [0, 0.1) is 35.5 Å². The smallest absolute Gasteiger partial charge is 0.00480 e. The normalized spacial score (nSPS) is 44.1. The maximum absolute atomic E-state index is 4.73. The van der Waals surface area contributed by atoms with Crippen molar-refractivity contribution < 1.29 is 0 Å². The van der Waals surface area contributed by atoms with Gasteiger partial charge >= 0.3 is 0 Å². The lowest BCUT2D eigenvalue weighted by molar-refractivity contribution is 0.333. The van der Waals surface area contributed by atoms with E-state index in [1.807, 2.05) is 0 Å². The molecule has 3 aliphatic rings. The Morgan fingerprint density at radius 1 is 0.957 bits per heavy atom. The van der Waals surface area contributed by atoms with Crippen LogP contribution in [0.3, 0.4) is 0 Å². The molecule has 3 heteroatoms. The van der Waals surface area contributed by atoms with Crippen LogP contribution >= 0.6 is 37.0 Å². The van der Waals surface area contributed by atoms with Gasteiger partial charge in [-0.15, -0.1) is 0 Å². The van der Waals surface area contributed by atoms with E-state index in [2.05, 4.69) is 25.6 Å². The van der Waals surface area contributed by atoms with Gasteiger partial charge in [-0.25, -0.2) is 0 Å². The zero-order chi connectivity index (χ0) is 16.4. The Labute approximate surface area is 159 Å². The van der Waals surface area contributed by atoms with Crippen molar-refractivity contribution in [2.75, 3.05) is 11.5 Å². The molecule has 0 N–H and O–H groups in total. The van der Waals surface area contributed by atoms with Gasteiger partial charge in [-0.1, -0.05) is 13.8 Å². The van der Waals surface area contributed by atoms with Gasteiger partial charge in [-0.2, -0.15) is 37.0 Å². The maximum atomic E-state index is 4.73. The van der Waals surface area contributed by atoms with Crippen molar-refractivity contribution in [2.45, 2.75) is 75.7 Å². The largest absolute Gasteiger partial charge is 0.176 e. The first-order valence-corrected chi connectivity index (χ1v) is 12.2. The molecule has 0 aliphatic heterocycles. The van der Waals surface area contributed by atoms with Crippen molar-refractivity contribution in [3.05, 3.63) is 0 Å². The summed E-state index contributed by atoms with van der Waals surface area (Å²) in [5, 5.41) is 1.40. The molecular formula is C20H36S3. The molecule has 23 heavy (non-hydrogen) atoms. The molecule has 0 heterocycles. The van der Waals surface area contributed by atoms with Crippen LogP contribution in [-0.4, -0.2) is 22.0 Å². The summed E-state index contributed by atoms with van der Waals surface area (Å²) in [6.45, 7) is 4.85. The lowest BCUT2D eigenvalue weighted by Gasteiger charge is -2.25. The Morgan fingerprint density at radius 2 is 1.78 bits per heavy atom. The number of hydrogen-bond donors (Lipinski definition) is 2. The van der Waals surface area contributed by atoms with Crippen molar-refractivity contribution in [1.82, 2.24) is 0 Å². The first-order valence-electron chi connectivity index (χ1n) is 9.96. The van der Waals surface area contributed by atoms with Crippen LogP contribution in [0.25, 0.3) is 0 Å². The minimum atomic E-state index is 0.667. The molecule has 3 aliphatic carbocycles. The van der Waals surface area contributed by atoms with E-state index in [-0.39, 0.29) is 0 Å². The van der Waals surface area contributed by atoms with Crippen molar-refractivity contribution in [3.63, 3.8) is 0 Å². The Kier molecular flexibility index (Phi) is 7.06. The number of hydrogen-bond acceptors (Lipinski definition) is 3. The summed E-state index contributed by atoms with van der Waals surface area (Å²) < 4.78 is 0. The number of fused-ring (bicyclic) bond motifs is 2. The molecule has 0 amide bonds. The molecular weight excluding hydrogens is 336 g/mol. The number of thiol groups is 2. The fourth-order valence-corrected chi connectivity index (χ4v) is 7.75. The lowest BCUT2D eigenvalue weighted by Crippen LogP contribution is -2.18. The van der Waals surface area contributed by atoms with Crippen molar-refractivity contribution in [1.29, 1.82) is 0 Å². The average molecular weight is 373 g/mol. The van der Waals surface area contributed by atoms with E-state index in [0.29, 0.717) is 5.25 Å². The second-order valence-electron chi connectivity index (χ2n) is 8.97. The van der Waals surface area contributed by atoms with Gasteiger partial charge in [-0.05, 0) is 98.4 Å². The highest BCUT2D eigenvalue weighted by atomic mass is 32.2. The molecule has 0 nitrogen and oxygen atoms in total. The van der Waals surface area contributed by atoms with Gasteiger partial charge in [-0.3, -0.25) is 0 Å². The predicted molar refractivity (Wildman–Crippen MR) is 112 cm³/mol.